The van der Waals surface area contributed by atoms with Gasteiger partial charge in [-0.15, -0.1) is 0 Å². The summed E-state index contributed by atoms with van der Waals surface area (Å²) in [6, 6.07) is 0.0833. The van der Waals surface area contributed by atoms with Crippen molar-refractivity contribution in [2.24, 2.45) is 5.92 Å². The van der Waals surface area contributed by atoms with Crippen molar-refractivity contribution in [1.29, 1.82) is 0 Å². The molecule has 10 heavy (non-hydrogen) atoms. The Morgan fingerprint density at radius 3 is 1.80 bits per heavy atom. The summed E-state index contributed by atoms with van der Waals surface area (Å²) >= 11 is 0. The van der Waals surface area contributed by atoms with Gasteiger partial charge in [0.2, 0.25) is 0 Å². The minimum absolute atomic E-state index is 0.0833. The molecule has 0 heterocycles. The zero-order valence-corrected chi connectivity index (χ0v) is 7.26. The predicted molar refractivity (Wildman–Crippen MR) is 44.1 cm³/mol. The molecule has 0 saturated carbocycles. The number of aliphatic hydroxyl groups excluding tert-OH is 1. The summed E-state index contributed by atoms with van der Waals surface area (Å²) in [6.07, 6.45) is 0. The third-order valence-corrected chi connectivity index (χ3v) is 1.53. The van der Waals surface area contributed by atoms with Crippen LogP contribution in [0, 0.1) is 5.92 Å². The molecule has 0 amide bonds. The largest absolute Gasteiger partial charge is 0.511 e. The molecule has 1 N–H and O–H groups in total. The summed E-state index contributed by atoms with van der Waals surface area (Å²) in [5.74, 6) is 0.660. The Bertz CT molecular complexity index is 110. The third-order valence-electron chi connectivity index (χ3n) is 1.53. The number of rotatable bonds is 3. The standard InChI is InChI=1S/C8H17NO/c1-6(2)8(7(3)10)9(4)5/h6,8,10H,3H2,1-2,4-5H3. The predicted octanol–water partition coefficient (Wildman–Crippen LogP) is 1.64. The molecule has 60 valence electrons. The zero-order chi connectivity index (χ0) is 8.31. The highest BCUT2D eigenvalue weighted by Crippen LogP contribution is 2.12. The number of hydrogen-bond donors (Lipinski definition) is 1. The van der Waals surface area contributed by atoms with Crippen LogP contribution in [0.15, 0.2) is 12.3 Å². The number of aliphatic hydroxyl groups is 1. The Hall–Kier alpha value is -0.500. The Balaban J connectivity index is 4.12. The molecule has 0 aliphatic rings. The highest BCUT2D eigenvalue weighted by molar-refractivity contribution is 4.96. The summed E-state index contributed by atoms with van der Waals surface area (Å²) in [4.78, 5) is 1.97. The van der Waals surface area contributed by atoms with E-state index in [0.717, 1.165) is 0 Å². The van der Waals surface area contributed by atoms with Gasteiger partial charge >= 0.3 is 0 Å². The molecular formula is C8H17NO. The second-order valence-corrected chi connectivity index (χ2v) is 3.14. The van der Waals surface area contributed by atoms with E-state index in [4.69, 9.17) is 5.11 Å². The van der Waals surface area contributed by atoms with E-state index < -0.39 is 0 Å². The van der Waals surface area contributed by atoms with E-state index in [2.05, 4.69) is 20.4 Å². The molecule has 0 aromatic rings. The molecule has 0 rings (SSSR count). The van der Waals surface area contributed by atoms with Gasteiger partial charge in [-0.1, -0.05) is 20.4 Å². The normalized spacial score (nSPS) is 14.2. The minimum Gasteiger partial charge on any atom is -0.511 e. The van der Waals surface area contributed by atoms with Crippen LogP contribution in [0.25, 0.3) is 0 Å². The van der Waals surface area contributed by atoms with Crippen LogP contribution in [0.3, 0.4) is 0 Å². The molecule has 2 nitrogen and oxygen atoms in total. The zero-order valence-electron chi connectivity index (χ0n) is 7.26. The van der Waals surface area contributed by atoms with Gasteiger partial charge in [-0.05, 0) is 20.0 Å². The molecule has 0 aromatic carbocycles. The fraction of sp³-hybridized carbons (Fsp3) is 0.750. The van der Waals surface area contributed by atoms with Gasteiger partial charge in [0.1, 0.15) is 5.76 Å². The van der Waals surface area contributed by atoms with Crippen molar-refractivity contribution >= 4 is 0 Å². The van der Waals surface area contributed by atoms with Crippen LogP contribution >= 0.6 is 0 Å². The summed E-state index contributed by atoms with van der Waals surface area (Å²) in [5.41, 5.74) is 0. The monoisotopic (exact) mass is 143 g/mol. The Morgan fingerprint density at radius 2 is 1.80 bits per heavy atom. The van der Waals surface area contributed by atoms with Crippen LogP contribution in [-0.4, -0.2) is 30.1 Å². The summed E-state index contributed by atoms with van der Waals surface area (Å²) in [5, 5.41) is 9.12. The van der Waals surface area contributed by atoms with Gasteiger partial charge in [-0.2, -0.15) is 0 Å². The van der Waals surface area contributed by atoms with E-state index in [-0.39, 0.29) is 11.8 Å². The lowest BCUT2D eigenvalue weighted by Gasteiger charge is -2.26. The summed E-state index contributed by atoms with van der Waals surface area (Å²) in [6.45, 7) is 7.64. The lowest BCUT2D eigenvalue weighted by Crippen LogP contribution is -2.34. The average Bonchev–Trinajstić information content (AvgIpc) is 1.59. The van der Waals surface area contributed by atoms with Gasteiger partial charge in [-0.25, -0.2) is 0 Å². The number of likely N-dealkylation sites (N-methyl/N-ethyl adjacent to an activating group) is 1. The van der Waals surface area contributed by atoms with Gasteiger partial charge < -0.3 is 5.11 Å². The Kier molecular flexibility index (Phi) is 3.43. The quantitative estimate of drug-likeness (QED) is 0.607. The fourth-order valence-electron chi connectivity index (χ4n) is 1.28. The molecule has 1 unspecified atom stereocenters. The van der Waals surface area contributed by atoms with Gasteiger partial charge in [0.15, 0.2) is 0 Å². The van der Waals surface area contributed by atoms with Crippen LogP contribution in [0.5, 0.6) is 0 Å². The van der Waals surface area contributed by atoms with E-state index in [1.54, 1.807) is 0 Å². The topological polar surface area (TPSA) is 23.5 Å². The molecule has 2 heteroatoms. The van der Waals surface area contributed by atoms with E-state index in [9.17, 15) is 0 Å². The van der Waals surface area contributed by atoms with Gasteiger partial charge in [-0.3, -0.25) is 4.90 Å². The third kappa shape index (κ3) is 2.40. The van der Waals surface area contributed by atoms with E-state index in [0.29, 0.717) is 5.92 Å². The average molecular weight is 143 g/mol. The van der Waals surface area contributed by atoms with Crippen molar-refractivity contribution < 1.29 is 5.11 Å². The Morgan fingerprint density at radius 1 is 1.40 bits per heavy atom. The van der Waals surface area contributed by atoms with Crippen LogP contribution in [0.4, 0.5) is 0 Å². The second-order valence-electron chi connectivity index (χ2n) is 3.14. The second kappa shape index (κ2) is 3.62. The maximum Gasteiger partial charge on any atom is 0.102 e. The molecule has 1 atom stereocenters. The lowest BCUT2D eigenvalue weighted by molar-refractivity contribution is 0.199. The van der Waals surface area contributed by atoms with Gasteiger partial charge in [0.05, 0.1) is 6.04 Å². The summed E-state index contributed by atoms with van der Waals surface area (Å²) < 4.78 is 0. The number of hydrogen-bond acceptors (Lipinski definition) is 2. The Labute approximate surface area is 63.2 Å². The fourth-order valence-corrected chi connectivity index (χ4v) is 1.28. The van der Waals surface area contributed by atoms with Crippen molar-refractivity contribution in [3.63, 3.8) is 0 Å². The molecule has 0 spiro atoms. The maximum atomic E-state index is 9.12. The van der Waals surface area contributed by atoms with Crippen molar-refractivity contribution in [3.8, 4) is 0 Å². The van der Waals surface area contributed by atoms with Crippen LogP contribution in [-0.2, 0) is 0 Å². The van der Waals surface area contributed by atoms with Crippen LogP contribution in [0.1, 0.15) is 13.8 Å². The van der Waals surface area contributed by atoms with Gasteiger partial charge in [0, 0.05) is 0 Å². The van der Waals surface area contributed by atoms with E-state index >= 15 is 0 Å². The summed E-state index contributed by atoms with van der Waals surface area (Å²) in [7, 11) is 3.87. The maximum absolute atomic E-state index is 9.12. The highest BCUT2D eigenvalue weighted by atomic mass is 16.3. The first-order valence-electron chi connectivity index (χ1n) is 3.51. The first-order valence-corrected chi connectivity index (χ1v) is 3.51. The molecule has 0 aliphatic carbocycles. The molecule has 0 aliphatic heterocycles. The number of nitrogens with zero attached hydrogens (tertiary/aromatic N) is 1. The van der Waals surface area contributed by atoms with Crippen molar-refractivity contribution in [2.75, 3.05) is 14.1 Å². The SMILES string of the molecule is C=C(O)C(C(C)C)N(C)C. The smallest absolute Gasteiger partial charge is 0.102 e. The first-order chi connectivity index (χ1) is 4.46. The van der Waals surface area contributed by atoms with Crippen LogP contribution in [0.2, 0.25) is 0 Å². The molecular weight excluding hydrogens is 126 g/mol. The molecule has 0 bridgehead atoms. The first kappa shape index (κ1) is 9.50. The molecule has 0 aromatic heterocycles. The molecule has 0 saturated heterocycles. The minimum atomic E-state index is 0.0833. The van der Waals surface area contributed by atoms with E-state index in [1.165, 1.54) is 0 Å². The van der Waals surface area contributed by atoms with Crippen LogP contribution < -0.4 is 0 Å². The molecule has 0 fully saturated rings. The molecule has 0 radical (unpaired) electrons. The van der Waals surface area contributed by atoms with Crippen molar-refractivity contribution in [3.05, 3.63) is 12.3 Å². The van der Waals surface area contributed by atoms with Crippen molar-refractivity contribution in [2.45, 2.75) is 19.9 Å². The highest BCUT2D eigenvalue weighted by Gasteiger charge is 2.17. The van der Waals surface area contributed by atoms with Crippen molar-refractivity contribution in [1.82, 2.24) is 4.90 Å². The van der Waals surface area contributed by atoms with E-state index in [1.807, 2.05) is 19.0 Å². The van der Waals surface area contributed by atoms with Gasteiger partial charge in [0.25, 0.3) is 0 Å². The lowest BCUT2D eigenvalue weighted by atomic mass is 10.0.